The van der Waals surface area contributed by atoms with Crippen molar-refractivity contribution in [3.05, 3.63) is 29.8 Å². The van der Waals surface area contributed by atoms with Crippen LogP contribution in [0.15, 0.2) is 24.3 Å². The number of nitrogens with two attached hydrogens (primary N) is 1. The Kier molecular flexibility index (Phi) is 5.57. The number of nitrogen functional groups attached to an aromatic ring is 1. The Balaban J connectivity index is 1.69. The van der Waals surface area contributed by atoms with Crippen molar-refractivity contribution in [2.75, 3.05) is 12.0 Å². The van der Waals surface area contributed by atoms with Crippen LogP contribution in [-0.2, 0) is 4.79 Å². The molecule has 1 aromatic rings. The van der Waals surface area contributed by atoms with Gasteiger partial charge in [-0.25, -0.2) is 0 Å². The smallest absolute Gasteiger partial charge is 0.251 e. The molecule has 1 aromatic carbocycles. The van der Waals surface area contributed by atoms with Crippen molar-refractivity contribution in [3.63, 3.8) is 0 Å². The summed E-state index contributed by atoms with van der Waals surface area (Å²) in [5.41, 5.74) is 3.79. The number of hydrazine groups is 1. The minimum absolute atomic E-state index is 0.00452. The van der Waals surface area contributed by atoms with Crippen molar-refractivity contribution >= 4 is 17.5 Å². The van der Waals surface area contributed by atoms with Gasteiger partial charge in [-0.1, -0.05) is 12.8 Å². The zero-order valence-electron chi connectivity index (χ0n) is 12.0. The Hall–Kier alpha value is -2.08. The Morgan fingerprint density at radius 2 is 1.81 bits per heavy atom. The predicted octanol–water partition coefficient (Wildman–Crippen LogP) is 1.15. The van der Waals surface area contributed by atoms with E-state index >= 15 is 0 Å². The zero-order chi connectivity index (χ0) is 15.1. The fourth-order valence-corrected chi connectivity index (χ4v) is 2.48. The highest BCUT2D eigenvalue weighted by atomic mass is 16.2. The van der Waals surface area contributed by atoms with Gasteiger partial charge in [0.2, 0.25) is 5.91 Å². The average Bonchev–Trinajstić information content (AvgIpc) is 3.00. The molecule has 0 aromatic heterocycles. The first-order chi connectivity index (χ1) is 10.2. The van der Waals surface area contributed by atoms with E-state index < -0.39 is 0 Å². The fourth-order valence-electron chi connectivity index (χ4n) is 2.48. The molecule has 6 heteroatoms. The van der Waals surface area contributed by atoms with E-state index in [-0.39, 0.29) is 11.8 Å². The van der Waals surface area contributed by atoms with Crippen molar-refractivity contribution in [2.45, 2.75) is 38.1 Å². The molecule has 0 radical (unpaired) electrons. The monoisotopic (exact) mass is 290 g/mol. The SMILES string of the molecule is NNc1ccc(C(=O)NCCC(=O)NC2CCCC2)cc1. The second-order valence-corrected chi connectivity index (χ2v) is 5.28. The second kappa shape index (κ2) is 7.64. The number of carbonyl (C=O) groups is 2. The van der Waals surface area contributed by atoms with Gasteiger partial charge < -0.3 is 16.1 Å². The number of benzene rings is 1. The van der Waals surface area contributed by atoms with Crippen LogP contribution in [0.25, 0.3) is 0 Å². The molecule has 5 N–H and O–H groups in total. The highest BCUT2D eigenvalue weighted by Gasteiger charge is 2.16. The molecule has 0 spiro atoms. The maximum atomic E-state index is 11.9. The van der Waals surface area contributed by atoms with Gasteiger partial charge in [0.1, 0.15) is 0 Å². The third-order valence-electron chi connectivity index (χ3n) is 3.67. The number of carbonyl (C=O) groups excluding carboxylic acids is 2. The van der Waals surface area contributed by atoms with Crippen molar-refractivity contribution in [3.8, 4) is 0 Å². The molecule has 1 aliphatic rings. The number of hydrogen-bond donors (Lipinski definition) is 4. The fraction of sp³-hybridized carbons (Fsp3) is 0.467. The number of nitrogens with one attached hydrogen (secondary N) is 3. The Bertz CT molecular complexity index is 481. The van der Waals surface area contributed by atoms with Gasteiger partial charge in [0.25, 0.3) is 5.91 Å². The molecule has 0 atom stereocenters. The second-order valence-electron chi connectivity index (χ2n) is 5.28. The van der Waals surface area contributed by atoms with E-state index in [2.05, 4.69) is 16.1 Å². The molecule has 0 aliphatic heterocycles. The van der Waals surface area contributed by atoms with Crippen molar-refractivity contribution < 1.29 is 9.59 Å². The molecule has 2 rings (SSSR count). The van der Waals surface area contributed by atoms with Crippen molar-refractivity contribution in [1.29, 1.82) is 0 Å². The summed E-state index contributed by atoms with van der Waals surface area (Å²) in [5.74, 6) is 5.08. The molecule has 1 saturated carbocycles. The van der Waals surface area contributed by atoms with Crippen molar-refractivity contribution in [1.82, 2.24) is 10.6 Å². The topological polar surface area (TPSA) is 96.2 Å². The van der Waals surface area contributed by atoms with Gasteiger partial charge in [0.15, 0.2) is 0 Å². The van der Waals surface area contributed by atoms with Crippen LogP contribution in [0.4, 0.5) is 5.69 Å². The van der Waals surface area contributed by atoms with Crippen LogP contribution in [0, 0.1) is 0 Å². The summed E-state index contributed by atoms with van der Waals surface area (Å²) >= 11 is 0. The van der Waals surface area contributed by atoms with Crippen LogP contribution in [0.5, 0.6) is 0 Å². The summed E-state index contributed by atoms with van der Waals surface area (Å²) in [4.78, 5) is 23.6. The first-order valence-corrected chi connectivity index (χ1v) is 7.33. The molecule has 1 fully saturated rings. The Labute approximate surface area is 124 Å². The summed E-state index contributed by atoms with van der Waals surface area (Å²) in [5, 5.41) is 5.74. The number of anilines is 1. The quantitative estimate of drug-likeness (QED) is 0.467. The molecule has 1 aliphatic carbocycles. The number of hydrogen-bond acceptors (Lipinski definition) is 4. The molecular weight excluding hydrogens is 268 g/mol. The molecule has 21 heavy (non-hydrogen) atoms. The number of amides is 2. The lowest BCUT2D eigenvalue weighted by Gasteiger charge is -2.12. The van der Waals surface area contributed by atoms with Gasteiger partial charge in [0, 0.05) is 30.3 Å². The van der Waals surface area contributed by atoms with E-state index in [1.165, 1.54) is 12.8 Å². The first-order valence-electron chi connectivity index (χ1n) is 7.33. The normalized spacial score (nSPS) is 14.7. The maximum Gasteiger partial charge on any atom is 0.251 e. The van der Waals surface area contributed by atoms with E-state index in [1.807, 2.05) is 0 Å². The highest BCUT2D eigenvalue weighted by Crippen LogP contribution is 2.17. The molecule has 0 bridgehead atoms. The third-order valence-corrected chi connectivity index (χ3v) is 3.67. The predicted molar refractivity (Wildman–Crippen MR) is 81.6 cm³/mol. The molecule has 114 valence electrons. The van der Waals surface area contributed by atoms with Gasteiger partial charge in [-0.15, -0.1) is 0 Å². The van der Waals surface area contributed by atoms with Crippen LogP contribution < -0.4 is 21.9 Å². The molecule has 0 heterocycles. The number of rotatable bonds is 6. The summed E-state index contributed by atoms with van der Waals surface area (Å²) in [6, 6.07) is 7.14. The average molecular weight is 290 g/mol. The summed E-state index contributed by atoms with van der Waals surface area (Å²) in [7, 11) is 0. The lowest BCUT2D eigenvalue weighted by Crippen LogP contribution is -2.35. The molecule has 6 nitrogen and oxygen atoms in total. The Morgan fingerprint density at radius 3 is 2.43 bits per heavy atom. The van der Waals surface area contributed by atoms with Gasteiger partial charge >= 0.3 is 0 Å². The summed E-state index contributed by atoms with van der Waals surface area (Å²) in [6.45, 7) is 0.342. The molecule has 0 saturated heterocycles. The largest absolute Gasteiger partial charge is 0.353 e. The van der Waals surface area contributed by atoms with Gasteiger partial charge in [-0.3, -0.25) is 15.4 Å². The third kappa shape index (κ3) is 4.75. The molecular formula is C15H22N4O2. The standard InChI is InChI=1S/C15H22N4O2/c16-19-13-7-5-11(6-8-13)15(21)17-10-9-14(20)18-12-3-1-2-4-12/h5-8,12,19H,1-4,9-10,16H2,(H,17,21)(H,18,20). The first kappa shape index (κ1) is 15.3. The lowest BCUT2D eigenvalue weighted by molar-refractivity contribution is -0.121. The van der Waals surface area contributed by atoms with E-state index in [0.717, 1.165) is 18.5 Å². The van der Waals surface area contributed by atoms with E-state index in [1.54, 1.807) is 24.3 Å². The van der Waals surface area contributed by atoms with Crippen LogP contribution in [0.1, 0.15) is 42.5 Å². The zero-order valence-corrected chi connectivity index (χ0v) is 12.0. The van der Waals surface area contributed by atoms with E-state index in [9.17, 15) is 9.59 Å². The Morgan fingerprint density at radius 1 is 1.14 bits per heavy atom. The molecule has 0 unspecified atom stereocenters. The minimum atomic E-state index is -0.188. The van der Waals surface area contributed by atoms with Crippen LogP contribution in [0.3, 0.4) is 0 Å². The van der Waals surface area contributed by atoms with Crippen LogP contribution in [-0.4, -0.2) is 24.4 Å². The lowest BCUT2D eigenvalue weighted by atomic mass is 10.2. The van der Waals surface area contributed by atoms with Crippen LogP contribution in [0.2, 0.25) is 0 Å². The van der Waals surface area contributed by atoms with Gasteiger partial charge in [-0.05, 0) is 37.1 Å². The van der Waals surface area contributed by atoms with Crippen LogP contribution >= 0.6 is 0 Å². The maximum absolute atomic E-state index is 11.9. The minimum Gasteiger partial charge on any atom is -0.353 e. The van der Waals surface area contributed by atoms with Gasteiger partial charge in [-0.2, -0.15) is 0 Å². The van der Waals surface area contributed by atoms with Crippen molar-refractivity contribution in [2.24, 2.45) is 5.84 Å². The van der Waals surface area contributed by atoms with E-state index in [4.69, 9.17) is 5.84 Å². The highest BCUT2D eigenvalue weighted by molar-refractivity contribution is 5.94. The van der Waals surface area contributed by atoms with E-state index in [0.29, 0.717) is 24.6 Å². The summed E-state index contributed by atoms with van der Waals surface area (Å²) in [6.07, 6.45) is 4.83. The van der Waals surface area contributed by atoms with Gasteiger partial charge in [0.05, 0.1) is 0 Å². The summed E-state index contributed by atoms with van der Waals surface area (Å²) < 4.78 is 0. The molecule has 2 amide bonds.